The van der Waals surface area contributed by atoms with Gasteiger partial charge in [-0.2, -0.15) is 0 Å². The van der Waals surface area contributed by atoms with Crippen LogP contribution in [0.3, 0.4) is 0 Å². The van der Waals surface area contributed by atoms with Crippen molar-refractivity contribution in [3.8, 4) is 0 Å². The Kier molecular flexibility index (Phi) is 4.41. The molecule has 1 rings (SSSR count). The lowest BCUT2D eigenvalue weighted by Gasteiger charge is -2.25. The average Bonchev–Trinajstić information content (AvgIpc) is 2.29. The van der Waals surface area contributed by atoms with E-state index in [4.69, 9.17) is 0 Å². The predicted octanol–water partition coefficient (Wildman–Crippen LogP) is 2.88. The van der Waals surface area contributed by atoms with E-state index in [1.165, 1.54) is 4.90 Å². The minimum atomic E-state index is -0.511. The Morgan fingerprint density at radius 3 is 2.69 bits per heavy atom. The molecule has 1 aromatic rings. The molecule has 0 fully saturated rings. The zero-order valence-corrected chi connectivity index (χ0v) is 10.6. The standard InChI is InChI=1S/C11H12BrF2NO/c1-7(15(2)11(16)6-12)9-5-8(13)3-4-10(9)14/h3-5,7H,6H2,1-2H3. The summed E-state index contributed by atoms with van der Waals surface area (Å²) in [5.41, 5.74) is 0.178. The van der Waals surface area contributed by atoms with E-state index in [0.717, 1.165) is 18.2 Å². The molecule has 0 heterocycles. The van der Waals surface area contributed by atoms with Crippen molar-refractivity contribution in [2.75, 3.05) is 12.4 Å². The number of alkyl halides is 1. The molecule has 0 N–H and O–H groups in total. The highest BCUT2D eigenvalue weighted by atomic mass is 79.9. The number of hydrogen-bond donors (Lipinski definition) is 0. The number of benzene rings is 1. The first-order valence-corrected chi connectivity index (χ1v) is 5.86. The van der Waals surface area contributed by atoms with E-state index in [9.17, 15) is 13.6 Å². The number of amides is 1. The Morgan fingerprint density at radius 2 is 2.12 bits per heavy atom. The molecular weight excluding hydrogens is 280 g/mol. The van der Waals surface area contributed by atoms with E-state index in [1.807, 2.05) is 0 Å². The highest BCUT2D eigenvalue weighted by Crippen LogP contribution is 2.22. The van der Waals surface area contributed by atoms with Crippen molar-refractivity contribution < 1.29 is 13.6 Å². The monoisotopic (exact) mass is 291 g/mol. The summed E-state index contributed by atoms with van der Waals surface area (Å²) in [6.07, 6.45) is 0. The molecule has 0 radical (unpaired) electrons. The van der Waals surface area contributed by atoms with Crippen molar-refractivity contribution in [2.45, 2.75) is 13.0 Å². The maximum atomic E-state index is 13.4. The molecule has 1 atom stereocenters. The van der Waals surface area contributed by atoms with Gasteiger partial charge in [0, 0.05) is 12.6 Å². The fourth-order valence-electron chi connectivity index (χ4n) is 1.35. The molecule has 1 amide bonds. The topological polar surface area (TPSA) is 20.3 Å². The summed E-state index contributed by atoms with van der Waals surface area (Å²) in [6, 6.07) is 2.73. The van der Waals surface area contributed by atoms with E-state index < -0.39 is 17.7 Å². The van der Waals surface area contributed by atoms with Gasteiger partial charge in [-0.25, -0.2) is 8.78 Å². The van der Waals surface area contributed by atoms with Crippen molar-refractivity contribution in [1.29, 1.82) is 0 Å². The third-order valence-corrected chi connectivity index (χ3v) is 2.98. The Morgan fingerprint density at radius 1 is 1.50 bits per heavy atom. The quantitative estimate of drug-likeness (QED) is 0.784. The van der Waals surface area contributed by atoms with Crippen LogP contribution in [0.25, 0.3) is 0 Å². The van der Waals surface area contributed by atoms with Crippen molar-refractivity contribution in [1.82, 2.24) is 4.90 Å². The van der Waals surface area contributed by atoms with Crippen molar-refractivity contribution in [2.24, 2.45) is 0 Å². The molecular formula is C11H12BrF2NO. The molecule has 0 aromatic heterocycles. The Hall–Kier alpha value is -0.970. The van der Waals surface area contributed by atoms with Gasteiger partial charge < -0.3 is 4.90 Å². The predicted molar refractivity (Wildman–Crippen MR) is 61.3 cm³/mol. The fraction of sp³-hybridized carbons (Fsp3) is 0.364. The molecule has 16 heavy (non-hydrogen) atoms. The zero-order valence-electron chi connectivity index (χ0n) is 9.01. The molecule has 5 heteroatoms. The lowest BCUT2D eigenvalue weighted by atomic mass is 10.1. The van der Waals surface area contributed by atoms with E-state index in [-0.39, 0.29) is 16.8 Å². The first kappa shape index (κ1) is 13.1. The third kappa shape index (κ3) is 2.78. The molecule has 0 bridgehead atoms. The van der Waals surface area contributed by atoms with E-state index in [0.29, 0.717) is 0 Å². The van der Waals surface area contributed by atoms with Crippen LogP contribution in [0.5, 0.6) is 0 Å². The molecule has 1 aromatic carbocycles. The normalized spacial score (nSPS) is 12.3. The largest absolute Gasteiger partial charge is 0.338 e. The average molecular weight is 292 g/mol. The van der Waals surface area contributed by atoms with Gasteiger partial charge in [-0.15, -0.1) is 0 Å². The molecule has 0 spiro atoms. The third-order valence-electron chi connectivity index (χ3n) is 2.50. The van der Waals surface area contributed by atoms with Crippen LogP contribution in [-0.4, -0.2) is 23.2 Å². The van der Waals surface area contributed by atoms with Crippen LogP contribution >= 0.6 is 15.9 Å². The second-order valence-electron chi connectivity index (χ2n) is 3.48. The minimum Gasteiger partial charge on any atom is -0.338 e. The summed E-state index contributed by atoms with van der Waals surface area (Å²) in [6.45, 7) is 1.65. The SMILES string of the molecule is CC(c1cc(F)ccc1F)N(C)C(=O)CBr. The van der Waals surface area contributed by atoms with Gasteiger partial charge in [0.05, 0.1) is 11.4 Å². The van der Waals surface area contributed by atoms with Gasteiger partial charge in [0.2, 0.25) is 5.91 Å². The summed E-state index contributed by atoms with van der Waals surface area (Å²) in [5, 5.41) is 0.158. The zero-order chi connectivity index (χ0) is 12.3. The smallest absolute Gasteiger partial charge is 0.233 e. The van der Waals surface area contributed by atoms with Gasteiger partial charge in [0.15, 0.2) is 0 Å². The maximum absolute atomic E-state index is 13.4. The van der Waals surface area contributed by atoms with Crippen LogP contribution in [0.15, 0.2) is 18.2 Å². The fourth-order valence-corrected chi connectivity index (χ4v) is 1.75. The van der Waals surface area contributed by atoms with Gasteiger partial charge in [0.25, 0.3) is 0 Å². The van der Waals surface area contributed by atoms with Gasteiger partial charge in [-0.3, -0.25) is 4.79 Å². The maximum Gasteiger partial charge on any atom is 0.233 e. The van der Waals surface area contributed by atoms with Crippen LogP contribution in [0.2, 0.25) is 0 Å². The van der Waals surface area contributed by atoms with Gasteiger partial charge in [-0.1, -0.05) is 15.9 Å². The number of rotatable bonds is 3. The lowest BCUT2D eigenvalue weighted by Crippen LogP contribution is -2.30. The second-order valence-corrected chi connectivity index (χ2v) is 4.04. The van der Waals surface area contributed by atoms with Crippen LogP contribution in [-0.2, 0) is 4.79 Å². The summed E-state index contributed by atoms with van der Waals surface area (Å²) in [5.74, 6) is -1.21. The van der Waals surface area contributed by atoms with Gasteiger partial charge in [0.1, 0.15) is 11.6 Å². The molecule has 0 aliphatic heterocycles. The number of carbonyl (C=O) groups excluding carboxylic acids is 1. The number of nitrogens with zero attached hydrogens (tertiary/aromatic N) is 1. The molecule has 0 aliphatic rings. The Balaban J connectivity index is 2.99. The van der Waals surface area contributed by atoms with Crippen LogP contribution < -0.4 is 0 Å². The van der Waals surface area contributed by atoms with E-state index in [1.54, 1.807) is 14.0 Å². The minimum absolute atomic E-state index is 0.158. The van der Waals surface area contributed by atoms with Crippen molar-refractivity contribution in [3.63, 3.8) is 0 Å². The van der Waals surface area contributed by atoms with Gasteiger partial charge in [-0.05, 0) is 25.1 Å². The summed E-state index contributed by atoms with van der Waals surface area (Å²) in [7, 11) is 1.55. The highest BCUT2D eigenvalue weighted by Gasteiger charge is 2.19. The molecule has 88 valence electrons. The van der Waals surface area contributed by atoms with Crippen molar-refractivity contribution in [3.05, 3.63) is 35.4 Å². The number of hydrogen-bond acceptors (Lipinski definition) is 1. The lowest BCUT2D eigenvalue weighted by molar-refractivity contribution is -0.128. The van der Waals surface area contributed by atoms with Crippen LogP contribution in [0.4, 0.5) is 8.78 Å². The molecule has 0 aliphatic carbocycles. The van der Waals surface area contributed by atoms with Gasteiger partial charge >= 0.3 is 0 Å². The van der Waals surface area contributed by atoms with Crippen LogP contribution in [0, 0.1) is 11.6 Å². The Labute approximate surface area is 101 Å². The first-order chi connectivity index (χ1) is 7.47. The van der Waals surface area contributed by atoms with Crippen molar-refractivity contribution >= 4 is 21.8 Å². The van der Waals surface area contributed by atoms with E-state index >= 15 is 0 Å². The molecule has 2 nitrogen and oxygen atoms in total. The molecule has 0 saturated heterocycles. The van der Waals surface area contributed by atoms with E-state index in [2.05, 4.69) is 15.9 Å². The molecule has 0 saturated carbocycles. The second kappa shape index (κ2) is 5.39. The first-order valence-electron chi connectivity index (χ1n) is 4.74. The Bertz CT molecular complexity index is 398. The highest BCUT2D eigenvalue weighted by molar-refractivity contribution is 9.09. The number of halogens is 3. The summed E-state index contributed by atoms with van der Waals surface area (Å²) < 4.78 is 26.4. The number of carbonyl (C=O) groups is 1. The molecule has 1 unspecified atom stereocenters. The summed E-state index contributed by atoms with van der Waals surface area (Å²) >= 11 is 3.03. The van der Waals surface area contributed by atoms with Crippen LogP contribution in [0.1, 0.15) is 18.5 Å². The summed E-state index contributed by atoms with van der Waals surface area (Å²) in [4.78, 5) is 12.8.